The summed E-state index contributed by atoms with van der Waals surface area (Å²) in [7, 11) is -0.0158. The maximum absolute atomic E-state index is 13.0. The van der Waals surface area contributed by atoms with Gasteiger partial charge in [-0.2, -0.15) is 0 Å². The van der Waals surface area contributed by atoms with Crippen LogP contribution in [-0.4, -0.2) is 63.6 Å². The molecule has 0 unspecified atom stereocenters. The van der Waals surface area contributed by atoms with Gasteiger partial charge in [-0.05, 0) is 31.4 Å². The Balaban J connectivity index is 1.75. The number of benzene rings is 1. The van der Waals surface area contributed by atoms with Gasteiger partial charge in [0.2, 0.25) is 5.75 Å². The van der Waals surface area contributed by atoms with Crippen molar-refractivity contribution in [3.63, 3.8) is 0 Å². The molecule has 0 N–H and O–H groups in total. The van der Waals surface area contributed by atoms with Crippen LogP contribution >= 0.6 is 0 Å². The summed E-state index contributed by atoms with van der Waals surface area (Å²) in [6, 6.07) is 5.09. The second-order valence-electron chi connectivity index (χ2n) is 7.08. The van der Waals surface area contributed by atoms with Crippen LogP contribution < -0.4 is 14.2 Å². The van der Waals surface area contributed by atoms with Crippen LogP contribution in [0.15, 0.2) is 18.2 Å². The predicted molar refractivity (Wildman–Crippen MR) is 101 cm³/mol. The maximum Gasteiger partial charge on any atom is 0.261 e. The number of methoxy groups -OCH3 is 2. The van der Waals surface area contributed by atoms with Crippen molar-refractivity contribution >= 4 is 15.7 Å². The molecule has 150 valence electrons. The van der Waals surface area contributed by atoms with Gasteiger partial charge in [0.05, 0.1) is 25.7 Å². The second kappa shape index (κ2) is 8.37. The number of rotatable bonds is 7. The number of hydrogen-bond acceptors (Lipinski definition) is 6. The van der Waals surface area contributed by atoms with Gasteiger partial charge in [0.1, 0.15) is 0 Å². The highest BCUT2D eigenvalue weighted by atomic mass is 32.2. The Kier molecular flexibility index (Phi) is 6.14. The van der Waals surface area contributed by atoms with Crippen molar-refractivity contribution in [1.29, 1.82) is 0 Å². The van der Waals surface area contributed by atoms with E-state index in [0.717, 1.165) is 25.7 Å². The molecule has 0 aromatic heterocycles. The van der Waals surface area contributed by atoms with Crippen LogP contribution in [-0.2, 0) is 14.6 Å². The fourth-order valence-corrected chi connectivity index (χ4v) is 5.76. The maximum atomic E-state index is 13.0. The largest absolute Gasteiger partial charge is 0.493 e. The van der Waals surface area contributed by atoms with Crippen LogP contribution in [0.3, 0.4) is 0 Å². The Morgan fingerprint density at radius 3 is 2.22 bits per heavy atom. The van der Waals surface area contributed by atoms with Crippen molar-refractivity contribution in [3.05, 3.63) is 18.2 Å². The molecule has 2 fully saturated rings. The zero-order valence-electron chi connectivity index (χ0n) is 15.8. The molecule has 1 heterocycles. The number of carbonyl (C=O) groups is 1. The Bertz CT molecular complexity index is 750. The molecule has 2 aliphatic rings. The van der Waals surface area contributed by atoms with Crippen LogP contribution in [0, 0.1) is 0 Å². The van der Waals surface area contributed by atoms with Gasteiger partial charge >= 0.3 is 0 Å². The number of nitrogens with zero attached hydrogens (tertiary/aromatic N) is 1. The lowest BCUT2D eigenvalue weighted by molar-refractivity contribution is -0.137. The van der Waals surface area contributed by atoms with Gasteiger partial charge in [0.25, 0.3) is 5.91 Å². The van der Waals surface area contributed by atoms with E-state index in [1.54, 1.807) is 23.1 Å². The summed E-state index contributed by atoms with van der Waals surface area (Å²) in [5, 5.41) is 0. The molecule has 1 aliphatic heterocycles. The van der Waals surface area contributed by atoms with E-state index >= 15 is 0 Å². The third kappa shape index (κ3) is 4.48. The summed E-state index contributed by atoms with van der Waals surface area (Å²) in [5.74, 6) is 1.36. The van der Waals surface area contributed by atoms with E-state index in [9.17, 15) is 13.2 Å². The van der Waals surface area contributed by atoms with Gasteiger partial charge in [-0.15, -0.1) is 0 Å². The Hall–Kier alpha value is -1.96. The van der Waals surface area contributed by atoms with Crippen molar-refractivity contribution in [3.8, 4) is 17.2 Å². The minimum atomic E-state index is -3.07. The number of ether oxygens (including phenoxy) is 3. The fourth-order valence-electron chi connectivity index (χ4n) is 4.05. The molecule has 27 heavy (non-hydrogen) atoms. The molecule has 1 aromatic rings. The van der Waals surface area contributed by atoms with E-state index in [4.69, 9.17) is 14.2 Å². The van der Waals surface area contributed by atoms with Gasteiger partial charge in [-0.25, -0.2) is 8.42 Å². The lowest BCUT2D eigenvalue weighted by Crippen LogP contribution is -2.48. The molecule has 1 saturated carbocycles. The van der Waals surface area contributed by atoms with Gasteiger partial charge in [-0.1, -0.05) is 18.9 Å². The molecule has 1 aliphatic carbocycles. The molecule has 1 saturated heterocycles. The highest BCUT2D eigenvalue weighted by molar-refractivity contribution is 7.91. The molecule has 1 aromatic carbocycles. The molecule has 0 spiro atoms. The molecule has 0 bridgehead atoms. The van der Waals surface area contributed by atoms with Crippen molar-refractivity contribution < 1.29 is 27.4 Å². The summed E-state index contributed by atoms with van der Waals surface area (Å²) in [5.41, 5.74) is 0. The summed E-state index contributed by atoms with van der Waals surface area (Å²) < 4.78 is 40.2. The zero-order chi connectivity index (χ0) is 19.4. The molecular weight excluding hydrogens is 370 g/mol. The summed E-state index contributed by atoms with van der Waals surface area (Å²) in [6.45, 7) is -0.177. The monoisotopic (exact) mass is 397 g/mol. The zero-order valence-corrected chi connectivity index (χ0v) is 16.7. The quantitative estimate of drug-likeness (QED) is 0.700. The lowest BCUT2D eigenvalue weighted by Gasteiger charge is -2.34. The first-order valence-electron chi connectivity index (χ1n) is 9.30. The molecular formula is C19H27NO6S. The third-order valence-corrected chi connectivity index (χ3v) is 7.08. The number of hydrogen-bond donors (Lipinski definition) is 0. The average Bonchev–Trinajstić information content (AvgIpc) is 3.29. The van der Waals surface area contributed by atoms with Crippen LogP contribution in [0.4, 0.5) is 0 Å². The van der Waals surface area contributed by atoms with Crippen LogP contribution in [0.5, 0.6) is 17.2 Å². The highest BCUT2D eigenvalue weighted by Crippen LogP contribution is 2.37. The SMILES string of the molecule is COc1cccc(OC)c1OCC(=O)N(C1CCCC1)[C@@H]1CCS(=O)(=O)C1. The number of amides is 1. The molecule has 8 heteroatoms. The third-order valence-electron chi connectivity index (χ3n) is 5.33. The lowest BCUT2D eigenvalue weighted by atomic mass is 10.1. The standard InChI is InChI=1S/C19H27NO6S/c1-24-16-8-5-9-17(25-2)19(16)26-12-18(21)20(14-6-3-4-7-14)15-10-11-27(22,23)13-15/h5,8-9,14-15H,3-4,6-7,10-13H2,1-2H3/t15-/m1/s1. The molecule has 1 atom stereocenters. The van der Waals surface area contributed by atoms with E-state index in [1.807, 2.05) is 0 Å². The minimum absolute atomic E-state index is 0.0488. The van der Waals surface area contributed by atoms with Gasteiger partial charge in [0.15, 0.2) is 27.9 Å². The number of para-hydroxylation sites is 1. The minimum Gasteiger partial charge on any atom is -0.493 e. The van der Waals surface area contributed by atoms with E-state index < -0.39 is 9.84 Å². The van der Waals surface area contributed by atoms with E-state index in [2.05, 4.69) is 0 Å². The van der Waals surface area contributed by atoms with Crippen molar-refractivity contribution in [1.82, 2.24) is 4.90 Å². The molecule has 7 nitrogen and oxygen atoms in total. The van der Waals surface area contributed by atoms with Crippen LogP contribution in [0.1, 0.15) is 32.1 Å². The molecule has 3 rings (SSSR count). The second-order valence-corrected chi connectivity index (χ2v) is 9.31. The van der Waals surface area contributed by atoms with E-state index in [1.165, 1.54) is 14.2 Å². The van der Waals surface area contributed by atoms with E-state index in [-0.39, 0.29) is 36.1 Å². The topological polar surface area (TPSA) is 82.1 Å². The van der Waals surface area contributed by atoms with Gasteiger partial charge in [-0.3, -0.25) is 4.79 Å². The van der Waals surface area contributed by atoms with E-state index in [0.29, 0.717) is 23.7 Å². The summed E-state index contributed by atoms with van der Waals surface area (Å²) in [6.07, 6.45) is 4.47. The number of carbonyl (C=O) groups excluding carboxylic acids is 1. The molecule has 0 radical (unpaired) electrons. The first kappa shape index (κ1) is 19.8. The normalized spacial score (nSPS) is 21.8. The Labute approximate surface area is 160 Å². The highest BCUT2D eigenvalue weighted by Gasteiger charge is 2.39. The van der Waals surface area contributed by atoms with Crippen molar-refractivity contribution in [2.75, 3.05) is 32.3 Å². The summed E-state index contributed by atoms with van der Waals surface area (Å²) >= 11 is 0. The van der Waals surface area contributed by atoms with Crippen molar-refractivity contribution in [2.45, 2.75) is 44.2 Å². The Morgan fingerprint density at radius 2 is 1.70 bits per heavy atom. The number of sulfone groups is 1. The van der Waals surface area contributed by atoms with Gasteiger partial charge < -0.3 is 19.1 Å². The molecule has 1 amide bonds. The first-order valence-corrected chi connectivity index (χ1v) is 11.1. The first-order chi connectivity index (χ1) is 12.9. The average molecular weight is 397 g/mol. The van der Waals surface area contributed by atoms with Crippen LogP contribution in [0.2, 0.25) is 0 Å². The Morgan fingerprint density at radius 1 is 1.07 bits per heavy atom. The fraction of sp³-hybridized carbons (Fsp3) is 0.632. The smallest absolute Gasteiger partial charge is 0.261 e. The predicted octanol–water partition coefficient (Wildman–Crippen LogP) is 2.04. The summed E-state index contributed by atoms with van der Waals surface area (Å²) in [4.78, 5) is 14.8. The van der Waals surface area contributed by atoms with Crippen molar-refractivity contribution in [2.24, 2.45) is 0 Å². The van der Waals surface area contributed by atoms with Crippen LogP contribution in [0.25, 0.3) is 0 Å². The van der Waals surface area contributed by atoms with Gasteiger partial charge in [0, 0.05) is 12.1 Å².